The van der Waals surface area contributed by atoms with Crippen LogP contribution in [0.2, 0.25) is 0 Å². The molecule has 4 nitrogen and oxygen atoms in total. The Bertz CT molecular complexity index is 388. The number of aldehydes is 1. The maximum absolute atomic E-state index is 10.6. The molecule has 98 valence electrons. The van der Waals surface area contributed by atoms with Gasteiger partial charge in [-0.25, -0.2) is 0 Å². The Hall–Kier alpha value is -1.39. The largest absolute Gasteiger partial charge is 0.508 e. The smallest absolute Gasteiger partial charge is 0.120 e. The van der Waals surface area contributed by atoms with E-state index >= 15 is 0 Å². The molecule has 1 heterocycles. The van der Waals surface area contributed by atoms with Crippen molar-refractivity contribution in [3.05, 3.63) is 29.8 Å². The van der Waals surface area contributed by atoms with Gasteiger partial charge in [0.1, 0.15) is 12.0 Å². The number of phenols is 1. The summed E-state index contributed by atoms with van der Waals surface area (Å²) < 4.78 is 5.35. The summed E-state index contributed by atoms with van der Waals surface area (Å²) >= 11 is 0. The topological polar surface area (TPSA) is 49.8 Å². The van der Waals surface area contributed by atoms with Gasteiger partial charge in [-0.15, -0.1) is 0 Å². The van der Waals surface area contributed by atoms with Crippen molar-refractivity contribution < 1.29 is 14.6 Å². The van der Waals surface area contributed by atoms with Gasteiger partial charge in [0.2, 0.25) is 0 Å². The van der Waals surface area contributed by atoms with Crippen molar-refractivity contribution in [2.75, 3.05) is 26.3 Å². The molecule has 1 N–H and O–H groups in total. The number of aromatic hydroxyl groups is 1. The second-order valence-electron chi connectivity index (χ2n) is 4.50. The van der Waals surface area contributed by atoms with Gasteiger partial charge in [0.25, 0.3) is 0 Å². The zero-order valence-corrected chi connectivity index (χ0v) is 10.4. The minimum absolute atomic E-state index is 0.186. The number of carbonyl (C=O) groups excluding carboxylic acids is 1. The molecule has 1 aliphatic heterocycles. The molecule has 2 rings (SSSR count). The van der Waals surface area contributed by atoms with E-state index < -0.39 is 0 Å². The number of ether oxygens (including phenoxy) is 1. The maximum atomic E-state index is 10.6. The zero-order chi connectivity index (χ0) is 12.8. The van der Waals surface area contributed by atoms with E-state index in [0.717, 1.165) is 44.6 Å². The third kappa shape index (κ3) is 3.31. The van der Waals surface area contributed by atoms with Crippen LogP contribution >= 0.6 is 0 Å². The van der Waals surface area contributed by atoms with Crippen LogP contribution in [0.25, 0.3) is 0 Å². The minimum atomic E-state index is 0.186. The molecule has 0 aliphatic carbocycles. The van der Waals surface area contributed by atoms with Crippen molar-refractivity contribution in [3.8, 4) is 5.75 Å². The molecule has 0 spiro atoms. The molecule has 0 bridgehead atoms. The monoisotopic (exact) mass is 249 g/mol. The molecule has 0 aromatic heterocycles. The first-order valence-corrected chi connectivity index (χ1v) is 6.35. The van der Waals surface area contributed by atoms with Gasteiger partial charge < -0.3 is 14.6 Å². The van der Waals surface area contributed by atoms with Gasteiger partial charge in [0.15, 0.2) is 0 Å². The highest BCUT2D eigenvalue weighted by Gasteiger charge is 2.22. The lowest BCUT2D eigenvalue weighted by Gasteiger charge is -2.34. The predicted molar refractivity (Wildman–Crippen MR) is 68.5 cm³/mol. The highest BCUT2D eigenvalue weighted by Crippen LogP contribution is 2.28. The van der Waals surface area contributed by atoms with Crippen molar-refractivity contribution in [3.63, 3.8) is 0 Å². The van der Waals surface area contributed by atoms with Crippen molar-refractivity contribution in [2.45, 2.75) is 18.9 Å². The summed E-state index contributed by atoms with van der Waals surface area (Å²) in [5.74, 6) is 0.275. The number of carbonyl (C=O) groups is 1. The van der Waals surface area contributed by atoms with Crippen molar-refractivity contribution >= 4 is 6.29 Å². The summed E-state index contributed by atoms with van der Waals surface area (Å²) in [6.07, 6.45) is 2.28. The average Bonchev–Trinajstić information content (AvgIpc) is 2.40. The molecule has 0 amide bonds. The van der Waals surface area contributed by atoms with Crippen LogP contribution in [0.5, 0.6) is 5.75 Å². The summed E-state index contributed by atoms with van der Waals surface area (Å²) in [4.78, 5) is 12.9. The fourth-order valence-corrected chi connectivity index (χ4v) is 2.41. The Kier molecular flexibility index (Phi) is 4.73. The number of benzene rings is 1. The van der Waals surface area contributed by atoms with Crippen LogP contribution in [0.1, 0.15) is 24.4 Å². The molecule has 18 heavy (non-hydrogen) atoms. The first-order chi connectivity index (χ1) is 8.81. The number of phenolic OH excluding ortho intramolecular Hbond substituents is 1. The summed E-state index contributed by atoms with van der Waals surface area (Å²) in [5, 5.41) is 9.57. The molecular weight excluding hydrogens is 230 g/mol. The van der Waals surface area contributed by atoms with E-state index in [4.69, 9.17) is 4.74 Å². The summed E-state index contributed by atoms with van der Waals surface area (Å²) in [7, 11) is 0. The first-order valence-electron chi connectivity index (χ1n) is 6.35. The summed E-state index contributed by atoms with van der Waals surface area (Å²) in [6.45, 7) is 3.21. The fourth-order valence-electron chi connectivity index (χ4n) is 2.41. The summed E-state index contributed by atoms with van der Waals surface area (Å²) in [6, 6.07) is 7.49. The Morgan fingerprint density at radius 2 is 2.17 bits per heavy atom. The van der Waals surface area contributed by atoms with Gasteiger partial charge in [-0.1, -0.05) is 12.1 Å². The molecule has 1 unspecified atom stereocenters. The number of nitrogens with zero attached hydrogens (tertiary/aromatic N) is 1. The minimum Gasteiger partial charge on any atom is -0.508 e. The molecule has 1 atom stereocenters. The molecule has 1 aromatic carbocycles. The molecule has 0 radical (unpaired) electrons. The number of morpholine rings is 1. The van der Waals surface area contributed by atoms with E-state index in [1.165, 1.54) is 0 Å². The van der Waals surface area contributed by atoms with Gasteiger partial charge in [-0.2, -0.15) is 0 Å². The second kappa shape index (κ2) is 6.52. The number of hydrogen-bond acceptors (Lipinski definition) is 4. The number of rotatable bonds is 5. The van der Waals surface area contributed by atoms with Gasteiger partial charge in [0, 0.05) is 25.6 Å². The van der Waals surface area contributed by atoms with Gasteiger partial charge >= 0.3 is 0 Å². The normalized spacial score (nSPS) is 18.4. The third-order valence-corrected chi connectivity index (χ3v) is 3.30. The molecule has 1 saturated heterocycles. The Labute approximate surface area is 107 Å². The van der Waals surface area contributed by atoms with Crippen molar-refractivity contribution in [2.24, 2.45) is 0 Å². The Morgan fingerprint density at radius 3 is 2.83 bits per heavy atom. The van der Waals surface area contributed by atoms with E-state index in [2.05, 4.69) is 4.90 Å². The predicted octanol–water partition coefficient (Wildman–Crippen LogP) is 1.74. The third-order valence-electron chi connectivity index (χ3n) is 3.30. The van der Waals surface area contributed by atoms with E-state index in [1.807, 2.05) is 12.1 Å². The quantitative estimate of drug-likeness (QED) is 0.808. The molecule has 1 aromatic rings. The lowest BCUT2D eigenvalue weighted by atomic mass is 10.00. The van der Waals surface area contributed by atoms with Crippen LogP contribution in [0.3, 0.4) is 0 Å². The Morgan fingerprint density at radius 1 is 1.39 bits per heavy atom. The highest BCUT2D eigenvalue weighted by molar-refractivity contribution is 5.49. The van der Waals surface area contributed by atoms with E-state index in [-0.39, 0.29) is 11.8 Å². The Balaban J connectivity index is 2.15. The first kappa shape index (κ1) is 13.1. The van der Waals surface area contributed by atoms with E-state index in [9.17, 15) is 9.90 Å². The van der Waals surface area contributed by atoms with Crippen LogP contribution in [0.4, 0.5) is 0 Å². The van der Waals surface area contributed by atoms with Gasteiger partial charge in [-0.05, 0) is 24.1 Å². The molecular formula is C14H19NO3. The SMILES string of the molecule is O=CCCC(c1cccc(O)c1)N1CCOCC1. The van der Waals surface area contributed by atoms with Crippen molar-refractivity contribution in [1.29, 1.82) is 0 Å². The van der Waals surface area contributed by atoms with Crippen LogP contribution < -0.4 is 0 Å². The summed E-state index contributed by atoms with van der Waals surface area (Å²) in [5.41, 5.74) is 1.07. The van der Waals surface area contributed by atoms with E-state index in [0.29, 0.717) is 6.42 Å². The molecule has 0 saturated carbocycles. The molecule has 1 fully saturated rings. The lowest BCUT2D eigenvalue weighted by Crippen LogP contribution is -2.39. The van der Waals surface area contributed by atoms with E-state index in [1.54, 1.807) is 12.1 Å². The van der Waals surface area contributed by atoms with Gasteiger partial charge in [0.05, 0.1) is 13.2 Å². The maximum Gasteiger partial charge on any atom is 0.120 e. The molecule has 1 aliphatic rings. The zero-order valence-electron chi connectivity index (χ0n) is 10.4. The van der Waals surface area contributed by atoms with Crippen LogP contribution in [0.15, 0.2) is 24.3 Å². The second-order valence-corrected chi connectivity index (χ2v) is 4.50. The standard InChI is InChI=1S/C14H19NO3/c16-8-2-5-14(15-6-9-18-10-7-15)12-3-1-4-13(17)11-12/h1,3-4,8,11,14,17H,2,5-7,9-10H2. The molecule has 4 heteroatoms. The number of hydrogen-bond donors (Lipinski definition) is 1. The van der Waals surface area contributed by atoms with Crippen LogP contribution in [-0.4, -0.2) is 42.6 Å². The average molecular weight is 249 g/mol. The fraction of sp³-hybridized carbons (Fsp3) is 0.500. The lowest BCUT2D eigenvalue weighted by molar-refractivity contribution is -0.108. The highest BCUT2D eigenvalue weighted by atomic mass is 16.5. The van der Waals surface area contributed by atoms with Gasteiger partial charge in [-0.3, -0.25) is 4.90 Å². The van der Waals surface area contributed by atoms with Crippen LogP contribution in [-0.2, 0) is 9.53 Å². The van der Waals surface area contributed by atoms with Crippen LogP contribution in [0, 0.1) is 0 Å². The van der Waals surface area contributed by atoms with Crippen molar-refractivity contribution in [1.82, 2.24) is 4.90 Å².